The molecule has 0 amide bonds. The number of Topliss-reactive ketones (excluding diaryl/α,β-unsaturated/α-hetero) is 1. The van der Waals surface area contributed by atoms with Crippen molar-refractivity contribution in [2.45, 2.75) is 24.8 Å². The Kier molecular flexibility index (Phi) is 4.79. The highest BCUT2D eigenvalue weighted by molar-refractivity contribution is 6.10. The molecule has 5 rings (SSSR count). The fraction of sp³-hybridized carbons (Fsp3) is 0.240. The summed E-state index contributed by atoms with van der Waals surface area (Å²) in [5.41, 5.74) is 4.75. The van der Waals surface area contributed by atoms with E-state index in [9.17, 15) is 4.79 Å². The third-order valence-corrected chi connectivity index (χ3v) is 6.02. The summed E-state index contributed by atoms with van der Waals surface area (Å²) < 4.78 is 5.28. The first-order valence-electron chi connectivity index (χ1n) is 10.2. The number of aliphatic imine (C=N–C) groups is 1. The summed E-state index contributed by atoms with van der Waals surface area (Å²) in [5.74, 6) is 0.825. The molecule has 0 bridgehead atoms. The number of carbonyl (C=O) groups is 1. The van der Waals surface area contributed by atoms with E-state index in [0.717, 1.165) is 40.5 Å². The van der Waals surface area contributed by atoms with Gasteiger partial charge in [0.2, 0.25) is 0 Å². The molecule has 2 heterocycles. The van der Waals surface area contributed by atoms with Crippen LogP contribution in [0.4, 0.5) is 11.4 Å². The second-order valence-electron chi connectivity index (χ2n) is 7.82. The SMILES string of the molecule is COc1ccc(C2CC(=O)C3C(=Nc4ccccc4NC3c3ccccn3)C2)cc1. The Hall–Kier alpha value is -3.47. The summed E-state index contributed by atoms with van der Waals surface area (Å²) in [5, 5.41) is 3.56. The summed E-state index contributed by atoms with van der Waals surface area (Å²) in [4.78, 5) is 23.0. The molecule has 2 aromatic carbocycles. The summed E-state index contributed by atoms with van der Waals surface area (Å²) in [6.07, 6.45) is 3.03. The van der Waals surface area contributed by atoms with Gasteiger partial charge in [-0.15, -0.1) is 0 Å². The highest BCUT2D eigenvalue weighted by atomic mass is 16.5. The Labute approximate surface area is 175 Å². The lowest BCUT2D eigenvalue weighted by molar-refractivity contribution is -0.122. The number of nitrogens with zero attached hydrogens (tertiary/aromatic N) is 2. The van der Waals surface area contributed by atoms with Gasteiger partial charge in [-0.2, -0.15) is 0 Å². The average Bonchev–Trinajstić information content (AvgIpc) is 2.96. The number of ketones is 1. The number of rotatable bonds is 3. The van der Waals surface area contributed by atoms with Crippen molar-refractivity contribution in [3.63, 3.8) is 0 Å². The van der Waals surface area contributed by atoms with Gasteiger partial charge in [-0.25, -0.2) is 0 Å². The van der Waals surface area contributed by atoms with Crippen LogP contribution < -0.4 is 10.1 Å². The van der Waals surface area contributed by atoms with E-state index in [-0.39, 0.29) is 23.7 Å². The summed E-state index contributed by atoms with van der Waals surface area (Å²) >= 11 is 0. The Morgan fingerprint density at radius 1 is 0.967 bits per heavy atom. The van der Waals surface area contributed by atoms with Crippen LogP contribution in [0.5, 0.6) is 5.75 Å². The number of nitrogens with one attached hydrogen (secondary N) is 1. The molecule has 150 valence electrons. The van der Waals surface area contributed by atoms with E-state index < -0.39 is 0 Å². The number of para-hydroxylation sites is 2. The number of aromatic nitrogens is 1. The number of carbonyl (C=O) groups excluding carboxylic acids is 1. The minimum atomic E-state index is -0.318. The van der Waals surface area contributed by atoms with Gasteiger partial charge in [-0.05, 0) is 54.3 Å². The molecule has 1 saturated carbocycles. The fourth-order valence-electron chi connectivity index (χ4n) is 4.52. The van der Waals surface area contributed by atoms with Gasteiger partial charge in [-0.1, -0.05) is 30.3 Å². The minimum Gasteiger partial charge on any atom is -0.497 e. The standard InChI is InChI=1S/C25H23N3O2/c1-30-18-11-9-16(10-12-18)17-14-22-24(23(29)15-17)25(21-8-4-5-13-26-21)28-20-7-3-2-6-19(20)27-22/h2-13,17,24-25,28H,14-15H2,1H3. The number of hydrogen-bond donors (Lipinski definition) is 1. The maximum Gasteiger partial charge on any atom is 0.144 e. The molecule has 1 N–H and O–H groups in total. The Morgan fingerprint density at radius 2 is 1.77 bits per heavy atom. The molecule has 1 aliphatic carbocycles. The zero-order valence-electron chi connectivity index (χ0n) is 16.8. The van der Waals surface area contributed by atoms with Gasteiger partial charge in [0.15, 0.2) is 0 Å². The predicted molar refractivity (Wildman–Crippen MR) is 118 cm³/mol. The van der Waals surface area contributed by atoms with Gasteiger partial charge < -0.3 is 10.1 Å². The smallest absolute Gasteiger partial charge is 0.144 e. The monoisotopic (exact) mass is 397 g/mol. The Bertz CT molecular complexity index is 1090. The van der Waals surface area contributed by atoms with Crippen molar-refractivity contribution in [2.75, 3.05) is 12.4 Å². The lowest BCUT2D eigenvalue weighted by Gasteiger charge is -2.33. The zero-order chi connectivity index (χ0) is 20.5. The topological polar surface area (TPSA) is 63.6 Å². The van der Waals surface area contributed by atoms with Crippen LogP contribution in [0.2, 0.25) is 0 Å². The second kappa shape index (κ2) is 7.75. The van der Waals surface area contributed by atoms with E-state index in [2.05, 4.69) is 22.4 Å². The number of hydrogen-bond acceptors (Lipinski definition) is 5. The van der Waals surface area contributed by atoms with Gasteiger partial charge in [0.1, 0.15) is 11.5 Å². The van der Waals surface area contributed by atoms with E-state index in [0.29, 0.717) is 6.42 Å². The average molecular weight is 397 g/mol. The van der Waals surface area contributed by atoms with Crippen molar-refractivity contribution < 1.29 is 9.53 Å². The van der Waals surface area contributed by atoms with Crippen LogP contribution in [0.1, 0.15) is 36.1 Å². The molecule has 0 saturated heterocycles. The van der Waals surface area contributed by atoms with Crippen LogP contribution >= 0.6 is 0 Å². The summed E-state index contributed by atoms with van der Waals surface area (Å²) in [6.45, 7) is 0. The van der Waals surface area contributed by atoms with Gasteiger partial charge in [0.05, 0.1) is 36.1 Å². The van der Waals surface area contributed by atoms with E-state index >= 15 is 0 Å². The molecule has 1 aromatic heterocycles. The van der Waals surface area contributed by atoms with Crippen LogP contribution in [0.3, 0.4) is 0 Å². The number of fused-ring (bicyclic) bond motifs is 2. The number of benzene rings is 2. The number of methoxy groups -OCH3 is 1. The molecule has 1 fully saturated rings. The lowest BCUT2D eigenvalue weighted by Crippen LogP contribution is -2.39. The minimum absolute atomic E-state index is 0.119. The Morgan fingerprint density at radius 3 is 2.53 bits per heavy atom. The fourth-order valence-corrected chi connectivity index (χ4v) is 4.52. The molecule has 30 heavy (non-hydrogen) atoms. The highest BCUT2D eigenvalue weighted by Gasteiger charge is 2.42. The van der Waals surface area contributed by atoms with Crippen LogP contribution in [-0.4, -0.2) is 23.6 Å². The van der Waals surface area contributed by atoms with Crippen molar-refractivity contribution >= 4 is 22.9 Å². The van der Waals surface area contributed by atoms with Gasteiger partial charge in [0, 0.05) is 18.3 Å². The molecular weight excluding hydrogens is 374 g/mol. The molecule has 5 heteroatoms. The quantitative estimate of drug-likeness (QED) is 0.668. The summed E-state index contributed by atoms with van der Waals surface area (Å²) in [7, 11) is 1.66. The third kappa shape index (κ3) is 3.36. The van der Waals surface area contributed by atoms with Crippen LogP contribution in [0, 0.1) is 5.92 Å². The van der Waals surface area contributed by atoms with E-state index in [1.54, 1.807) is 13.3 Å². The molecular formula is C25H23N3O2. The molecule has 3 atom stereocenters. The first kappa shape index (κ1) is 18.6. The normalized spacial score (nSPS) is 22.8. The van der Waals surface area contributed by atoms with Gasteiger partial charge in [0.25, 0.3) is 0 Å². The maximum atomic E-state index is 13.4. The van der Waals surface area contributed by atoms with Gasteiger partial charge in [-0.3, -0.25) is 14.8 Å². The molecule has 5 nitrogen and oxygen atoms in total. The van der Waals surface area contributed by atoms with Crippen molar-refractivity contribution in [3.05, 3.63) is 84.2 Å². The molecule has 3 aromatic rings. The number of pyridine rings is 1. The van der Waals surface area contributed by atoms with E-state index in [4.69, 9.17) is 9.73 Å². The number of ether oxygens (including phenoxy) is 1. The molecule has 1 aliphatic heterocycles. The van der Waals surface area contributed by atoms with Crippen LogP contribution in [0.15, 0.2) is 77.9 Å². The molecule has 0 radical (unpaired) electrons. The molecule has 3 unspecified atom stereocenters. The highest BCUT2D eigenvalue weighted by Crippen LogP contribution is 2.43. The van der Waals surface area contributed by atoms with Crippen molar-refractivity contribution in [1.29, 1.82) is 0 Å². The molecule has 2 aliphatic rings. The first-order valence-corrected chi connectivity index (χ1v) is 10.2. The number of anilines is 1. The van der Waals surface area contributed by atoms with Gasteiger partial charge >= 0.3 is 0 Å². The maximum absolute atomic E-state index is 13.4. The Balaban J connectivity index is 1.56. The van der Waals surface area contributed by atoms with Crippen molar-refractivity contribution in [1.82, 2.24) is 4.98 Å². The molecule has 0 spiro atoms. The van der Waals surface area contributed by atoms with Crippen LogP contribution in [-0.2, 0) is 4.79 Å². The third-order valence-electron chi connectivity index (χ3n) is 6.02. The van der Waals surface area contributed by atoms with Crippen LogP contribution in [0.25, 0.3) is 0 Å². The van der Waals surface area contributed by atoms with E-state index in [1.165, 1.54) is 0 Å². The largest absolute Gasteiger partial charge is 0.497 e. The predicted octanol–water partition coefficient (Wildman–Crippen LogP) is 5.09. The zero-order valence-corrected chi connectivity index (χ0v) is 16.8. The first-order chi connectivity index (χ1) is 14.7. The van der Waals surface area contributed by atoms with Crippen molar-refractivity contribution in [2.24, 2.45) is 10.9 Å². The van der Waals surface area contributed by atoms with E-state index in [1.807, 2.05) is 54.6 Å². The lowest BCUT2D eigenvalue weighted by atomic mass is 9.73. The second-order valence-corrected chi connectivity index (χ2v) is 7.82. The van der Waals surface area contributed by atoms with Crippen molar-refractivity contribution in [3.8, 4) is 5.75 Å². The summed E-state index contributed by atoms with van der Waals surface area (Å²) in [6, 6.07) is 21.6.